The van der Waals surface area contributed by atoms with Crippen LogP contribution in [0.3, 0.4) is 0 Å². The maximum atomic E-state index is 10.9. The van der Waals surface area contributed by atoms with Gasteiger partial charge in [0.05, 0.1) is 4.92 Å². The maximum Gasteiger partial charge on any atom is 0.377 e. The van der Waals surface area contributed by atoms with Crippen molar-refractivity contribution < 1.29 is 4.92 Å². The van der Waals surface area contributed by atoms with Gasteiger partial charge >= 0.3 is 5.16 Å². The number of para-hydroxylation sites is 2. The van der Waals surface area contributed by atoms with Gasteiger partial charge in [-0.25, -0.2) is 0 Å². The first-order valence-electron chi connectivity index (χ1n) is 5.85. The molecule has 0 aliphatic carbocycles. The zero-order valence-electron chi connectivity index (χ0n) is 10.4. The van der Waals surface area contributed by atoms with Crippen molar-refractivity contribution >= 4 is 23.0 Å². The lowest BCUT2D eigenvalue weighted by Crippen LogP contribution is -2.14. The maximum absolute atomic E-state index is 10.9. The number of hydrogen-bond acceptors (Lipinski definition) is 4. The third-order valence-corrected chi connectivity index (χ3v) is 2.78. The monoisotopic (exact) mass is 289 g/mol. The van der Waals surface area contributed by atoms with Crippen molar-refractivity contribution in [2.24, 2.45) is 0 Å². The van der Waals surface area contributed by atoms with Gasteiger partial charge < -0.3 is 10.6 Å². The number of nitro groups is 1. The van der Waals surface area contributed by atoms with Crippen LogP contribution in [0.25, 0.3) is 0 Å². The summed E-state index contributed by atoms with van der Waals surface area (Å²) in [7, 11) is 0. The number of rotatable bonds is 5. The van der Waals surface area contributed by atoms with Crippen molar-refractivity contribution in [1.82, 2.24) is 0 Å². The van der Waals surface area contributed by atoms with Crippen LogP contribution in [-0.4, -0.2) is 4.92 Å². The minimum absolute atomic E-state index is 0.120. The fourth-order valence-electron chi connectivity index (χ4n) is 1.56. The van der Waals surface area contributed by atoms with E-state index in [1.807, 2.05) is 36.4 Å². The normalized spacial score (nSPS) is 9.65. The van der Waals surface area contributed by atoms with Gasteiger partial charge in [-0.3, -0.25) is 10.1 Å². The second-order valence-electron chi connectivity index (χ2n) is 3.90. The minimum Gasteiger partial charge on any atom is -0.335 e. The van der Waals surface area contributed by atoms with Gasteiger partial charge in [0, 0.05) is 11.4 Å². The predicted octanol–water partition coefficient (Wildman–Crippen LogP) is 3.85. The Morgan fingerprint density at radius 2 is 1.30 bits per heavy atom. The molecule has 2 aromatic rings. The van der Waals surface area contributed by atoms with E-state index < -0.39 is 10.1 Å². The summed E-state index contributed by atoms with van der Waals surface area (Å²) in [6, 6.07) is 18.2. The van der Waals surface area contributed by atoms with Crippen LogP contribution in [0.15, 0.2) is 71.6 Å². The number of anilines is 2. The summed E-state index contributed by atoms with van der Waals surface area (Å²) in [6.07, 6.45) is 0. The summed E-state index contributed by atoms with van der Waals surface area (Å²) in [5, 5.41) is 16.2. The third kappa shape index (κ3) is 3.73. The fourth-order valence-corrected chi connectivity index (χ4v) is 1.65. The zero-order chi connectivity index (χ0) is 14.4. The highest BCUT2D eigenvalue weighted by molar-refractivity contribution is 6.28. The second-order valence-corrected chi connectivity index (χ2v) is 4.26. The lowest BCUT2D eigenvalue weighted by molar-refractivity contribution is -0.413. The molecule has 0 unspecified atom stereocenters. The van der Waals surface area contributed by atoms with Gasteiger partial charge in [0.1, 0.15) is 0 Å². The number of nitrogens with zero attached hydrogens (tertiary/aromatic N) is 1. The standard InChI is InChI=1S/C14H12ClN3O2/c15-13(18(19)20)14(16-11-7-3-1-4-8-11)17-12-9-5-2-6-10-12/h1-10,16-17H. The zero-order valence-corrected chi connectivity index (χ0v) is 11.2. The Kier molecular flexibility index (Phi) is 4.57. The summed E-state index contributed by atoms with van der Waals surface area (Å²) in [5.41, 5.74) is 1.40. The number of hydrogen-bond donors (Lipinski definition) is 2. The van der Waals surface area contributed by atoms with E-state index in [0.29, 0.717) is 11.4 Å². The highest BCUT2D eigenvalue weighted by Gasteiger charge is 2.16. The molecule has 0 aromatic heterocycles. The molecule has 0 heterocycles. The minimum atomic E-state index is -0.650. The van der Waals surface area contributed by atoms with Crippen molar-refractivity contribution in [2.45, 2.75) is 0 Å². The highest BCUT2D eigenvalue weighted by Crippen LogP contribution is 2.18. The smallest absolute Gasteiger partial charge is 0.335 e. The molecule has 0 aliphatic rings. The van der Waals surface area contributed by atoms with Crippen molar-refractivity contribution in [1.29, 1.82) is 0 Å². The average molecular weight is 290 g/mol. The number of nitrogens with one attached hydrogen (secondary N) is 2. The summed E-state index contributed by atoms with van der Waals surface area (Å²) in [4.78, 5) is 10.2. The van der Waals surface area contributed by atoms with Crippen LogP contribution in [0.2, 0.25) is 0 Å². The Balaban J connectivity index is 2.27. The van der Waals surface area contributed by atoms with Gasteiger partial charge in [0.2, 0.25) is 5.82 Å². The summed E-state index contributed by atoms with van der Waals surface area (Å²) in [5.74, 6) is 0.120. The first-order valence-corrected chi connectivity index (χ1v) is 6.23. The molecule has 0 aliphatic heterocycles. The van der Waals surface area contributed by atoms with E-state index in [2.05, 4.69) is 10.6 Å². The quantitative estimate of drug-likeness (QED) is 0.498. The van der Waals surface area contributed by atoms with Gasteiger partial charge in [0.15, 0.2) is 0 Å². The number of benzene rings is 2. The van der Waals surface area contributed by atoms with Crippen LogP contribution < -0.4 is 10.6 Å². The van der Waals surface area contributed by atoms with E-state index in [1.54, 1.807) is 24.3 Å². The summed E-state index contributed by atoms with van der Waals surface area (Å²) in [6.45, 7) is 0. The van der Waals surface area contributed by atoms with Crippen LogP contribution in [0.4, 0.5) is 11.4 Å². The molecular weight excluding hydrogens is 278 g/mol. The lowest BCUT2D eigenvalue weighted by atomic mass is 10.3. The molecule has 0 saturated carbocycles. The van der Waals surface area contributed by atoms with Crippen LogP contribution in [-0.2, 0) is 0 Å². The van der Waals surface area contributed by atoms with Crippen LogP contribution in [0.1, 0.15) is 0 Å². The van der Waals surface area contributed by atoms with Crippen molar-refractivity contribution in [2.75, 3.05) is 10.6 Å². The summed E-state index contributed by atoms with van der Waals surface area (Å²) >= 11 is 5.74. The molecule has 0 fully saturated rings. The molecule has 6 heteroatoms. The molecular formula is C14H12ClN3O2. The first-order chi connectivity index (χ1) is 9.66. The molecule has 0 amide bonds. The van der Waals surface area contributed by atoms with Gasteiger partial charge in [-0.2, -0.15) is 0 Å². The Labute approximate surface area is 121 Å². The molecule has 0 radical (unpaired) electrons. The molecule has 0 bridgehead atoms. The van der Waals surface area contributed by atoms with Gasteiger partial charge in [-0.1, -0.05) is 36.4 Å². The molecule has 0 atom stereocenters. The van der Waals surface area contributed by atoms with Gasteiger partial charge in [-0.15, -0.1) is 0 Å². The van der Waals surface area contributed by atoms with Gasteiger partial charge in [0.25, 0.3) is 0 Å². The molecule has 2 N–H and O–H groups in total. The Hall–Kier alpha value is -2.53. The average Bonchev–Trinajstić information content (AvgIpc) is 2.48. The second kappa shape index (κ2) is 6.58. The van der Waals surface area contributed by atoms with Crippen molar-refractivity contribution in [3.8, 4) is 0 Å². The third-order valence-electron chi connectivity index (χ3n) is 2.45. The highest BCUT2D eigenvalue weighted by atomic mass is 35.5. The van der Waals surface area contributed by atoms with Crippen LogP contribution in [0.5, 0.6) is 0 Å². The van der Waals surface area contributed by atoms with Gasteiger partial charge in [-0.05, 0) is 35.9 Å². The summed E-state index contributed by atoms with van der Waals surface area (Å²) < 4.78 is 0. The largest absolute Gasteiger partial charge is 0.377 e. The van der Waals surface area contributed by atoms with E-state index in [4.69, 9.17) is 11.6 Å². The van der Waals surface area contributed by atoms with E-state index in [9.17, 15) is 10.1 Å². The first kappa shape index (κ1) is 13.9. The topological polar surface area (TPSA) is 67.2 Å². The molecule has 2 rings (SSSR count). The fraction of sp³-hybridized carbons (Fsp3) is 0. The predicted molar refractivity (Wildman–Crippen MR) is 80.0 cm³/mol. The molecule has 5 nitrogen and oxygen atoms in total. The molecule has 20 heavy (non-hydrogen) atoms. The van der Waals surface area contributed by atoms with Crippen LogP contribution >= 0.6 is 11.6 Å². The molecule has 0 saturated heterocycles. The van der Waals surface area contributed by atoms with E-state index in [1.165, 1.54) is 0 Å². The van der Waals surface area contributed by atoms with E-state index >= 15 is 0 Å². The molecule has 0 spiro atoms. The van der Waals surface area contributed by atoms with Crippen molar-refractivity contribution in [3.63, 3.8) is 0 Å². The van der Waals surface area contributed by atoms with Crippen LogP contribution in [0, 0.1) is 10.1 Å². The molecule has 2 aromatic carbocycles. The Morgan fingerprint density at radius 1 is 0.900 bits per heavy atom. The Morgan fingerprint density at radius 3 is 1.65 bits per heavy atom. The SMILES string of the molecule is O=[N+]([O-])C(Cl)=C(Nc1ccccc1)Nc1ccccc1. The number of halogens is 1. The lowest BCUT2D eigenvalue weighted by Gasteiger charge is -2.12. The van der Waals surface area contributed by atoms with E-state index in [0.717, 1.165) is 0 Å². The van der Waals surface area contributed by atoms with Crippen molar-refractivity contribution in [3.05, 3.63) is 81.8 Å². The van der Waals surface area contributed by atoms with E-state index in [-0.39, 0.29) is 5.82 Å². The Bertz CT molecular complexity index is 571. The molecule has 102 valence electrons.